The number of aliphatic imine (C=N–C) groups is 2. The summed E-state index contributed by atoms with van der Waals surface area (Å²) in [6.07, 6.45) is 5.06. The lowest BCUT2D eigenvalue weighted by atomic mass is 10.0. The largest absolute Gasteiger partial charge is 0.477 e. The summed E-state index contributed by atoms with van der Waals surface area (Å²) in [5, 5.41) is 2.36. The number of hydrogen-bond acceptors (Lipinski definition) is 4. The number of unbranched alkanes of at least 4 members (excludes halogenated alkanes) is 2. The van der Waals surface area contributed by atoms with E-state index >= 15 is 0 Å². The summed E-state index contributed by atoms with van der Waals surface area (Å²) in [4.78, 5) is 8.49. The smallest absolute Gasteiger partial charge is 0.216 e. The first-order valence-corrected chi connectivity index (χ1v) is 7.60. The molecule has 0 radical (unpaired) electrons. The minimum absolute atomic E-state index is 0.573. The van der Waals surface area contributed by atoms with Gasteiger partial charge >= 0.3 is 0 Å². The third-order valence-corrected chi connectivity index (χ3v) is 3.55. The first kappa shape index (κ1) is 14.9. The van der Waals surface area contributed by atoms with Crippen LogP contribution in [-0.4, -0.2) is 24.2 Å². The molecule has 0 saturated heterocycles. The van der Waals surface area contributed by atoms with Crippen molar-refractivity contribution in [1.82, 2.24) is 0 Å². The van der Waals surface area contributed by atoms with Gasteiger partial charge in [0.15, 0.2) is 0 Å². The number of ether oxygens (including phenoxy) is 1. The van der Waals surface area contributed by atoms with Crippen LogP contribution in [0.1, 0.15) is 38.2 Å². The molecule has 1 aromatic carbocycles. The highest BCUT2D eigenvalue weighted by Gasteiger charge is 2.17. The van der Waals surface area contributed by atoms with Crippen LogP contribution in [0.15, 0.2) is 34.3 Å². The molecule has 1 aliphatic heterocycles. The molecule has 106 valence electrons. The van der Waals surface area contributed by atoms with Gasteiger partial charge in [-0.3, -0.25) is 4.99 Å². The zero-order chi connectivity index (χ0) is 14.2. The summed E-state index contributed by atoms with van der Waals surface area (Å²) in [7, 11) is 0. The van der Waals surface area contributed by atoms with Crippen molar-refractivity contribution in [1.29, 1.82) is 0 Å². The molecule has 0 N–H and O–H groups in total. The van der Waals surface area contributed by atoms with Gasteiger partial charge in [0.1, 0.15) is 0 Å². The molecule has 0 bridgehead atoms. The Morgan fingerprint density at radius 1 is 1.35 bits per heavy atom. The van der Waals surface area contributed by atoms with E-state index < -0.39 is 0 Å². The van der Waals surface area contributed by atoms with Gasteiger partial charge < -0.3 is 4.74 Å². The quantitative estimate of drug-likeness (QED) is 0.442. The summed E-state index contributed by atoms with van der Waals surface area (Å²) in [5.74, 6) is 1.32. The molecular weight excluding hydrogens is 268 g/mol. The third kappa shape index (κ3) is 4.26. The van der Waals surface area contributed by atoms with Crippen molar-refractivity contribution in [3.63, 3.8) is 0 Å². The minimum Gasteiger partial charge on any atom is -0.477 e. The van der Waals surface area contributed by atoms with Crippen molar-refractivity contribution in [3.8, 4) is 0 Å². The van der Waals surface area contributed by atoms with Gasteiger partial charge in [-0.15, -0.1) is 0 Å². The Labute approximate surface area is 125 Å². The number of thiocarbonyl (C=S) groups is 1. The fraction of sp³-hybridized carbons (Fsp3) is 0.500. The van der Waals surface area contributed by atoms with Gasteiger partial charge in [0, 0.05) is 18.0 Å². The van der Waals surface area contributed by atoms with E-state index in [4.69, 9.17) is 4.74 Å². The summed E-state index contributed by atoms with van der Waals surface area (Å²) in [6, 6.07) is 7.71. The van der Waals surface area contributed by atoms with Crippen molar-refractivity contribution in [2.45, 2.75) is 32.6 Å². The normalized spacial score (nSPS) is 17.9. The summed E-state index contributed by atoms with van der Waals surface area (Å²) < 4.78 is 5.79. The van der Waals surface area contributed by atoms with Crippen LogP contribution in [0.4, 0.5) is 5.69 Å². The average Bonchev–Trinajstić information content (AvgIpc) is 2.49. The molecule has 0 amide bonds. The van der Waals surface area contributed by atoms with E-state index in [1.807, 2.05) is 24.3 Å². The van der Waals surface area contributed by atoms with Gasteiger partial charge in [-0.1, -0.05) is 26.2 Å². The lowest BCUT2D eigenvalue weighted by Gasteiger charge is -2.22. The lowest BCUT2D eigenvalue weighted by molar-refractivity contribution is 0.211. The van der Waals surface area contributed by atoms with Crippen LogP contribution in [0.25, 0.3) is 0 Å². The van der Waals surface area contributed by atoms with Gasteiger partial charge in [0.2, 0.25) is 5.90 Å². The Bertz CT molecular complexity index is 504. The van der Waals surface area contributed by atoms with Crippen molar-refractivity contribution < 1.29 is 4.74 Å². The van der Waals surface area contributed by atoms with Crippen LogP contribution in [0.2, 0.25) is 0 Å². The van der Waals surface area contributed by atoms with Crippen LogP contribution in [-0.2, 0) is 4.74 Å². The van der Waals surface area contributed by atoms with Crippen LogP contribution >= 0.6 is 12.2 Å². The van der Waals surface area contributed by atoms with E-state index in [9.17, 15) is 0 Å². The summed E-state index contributed by atoms with van der Waals surface area (Å²) >= 11 is 4.58. The molecule has 1 aromatic rings. The van der Waals surface area contributed by atoms with Gasteiger partial charge in [-0.25, -0.2) is 0 Å². The van der Waals surface area contributed by atoms with E-state index in [1.54, 1.807) is 0 Å². The second-order valence-corrected chi connectivity index (χ2v) is 5.25. The van der Waals surface area contributed by atoms with Crippen molar-refractivity contribution >= 4 is 29.0 Å². The Hall–Kier alpha value is -1.51. The average molecular weight is 288 g/mol. The van der Waals surface area contributed by atoms with Gasteiger partial charge in [0.05, 0.1) is 17.5 Å². The number of benzene rings is 1. The number of rotatable bonds is 6. The van der Waals surface area contributed by atoms with Crippen LogP contribution in [0, 0.1) is 5.92 Å². The standard InChI is InChI=1S/C16H20N2OS/c1-2-3-4-5-13-10-17-16(19-11-13)14-6-8-15(9-7-14)18-12-20/h6-9,13H,2-5,10-11H2,1H3. The molecule has 1 heterocycles. The highest BCUT2D eigenvalue weighted by Crippen LogP contribution is 2.19. The summed E-state index contributed by atoms with van der Waals surface area (Å²) in [6.45, 7) is 3.88. The minimum atomic E-state index is 0.573. The van der Waals surface area contributed by atoms with E-state index in [2.05, 4.69) is 34.3 Å². The maximum absolute atomic E-state index is 5.79. The zero-order valence-corrected chi connectivity index (χ0v) is 12.7. The molecular formula is C16H20N2OS. The molecule has 0 saturated carbocycles. The predicted molar refractivity (Wildman–Crippen MR) is 86.1 cm³/mol. The fourth-order valence-corrected chi connectivity index (χ4v) is 2.38. The number of nitrogens with zero attached hydrogens (tertiary/aromatic N) is 2. The molecule has 0 fully saturated rings. The number of isothiocyanates is 1. The Balaban J connectivity index is 1.92. The van der Waals surface area contributed by atoms with E-state index in [0.717, 1.165) is 30.3 Å². The molecule has 0 spiro atoms. The highest BCUT2D eigenvalue weighted by molar-refractivity contribution is 7.78. The topological polar surface area (TPSA) is 34.0 Å². The molecule has 20 heavy (non-hydrogen) atoms. The zero-order valence-electron chi connectivity index (χ0n) is 11.8. The van der Waals surface area contributed by atoms with E-state index in [1.165, 1.54) is 25.7 Å². The molecule has 4 heteroatoms. The molecule has 0 aliphatic carbocycles. The molecule has 1 aliphatic rings. The van der Waals surface area contributed by atoms with Crippen molar-refractivity contribution in [2.24, 2.45) is 15.9 Å². The van der Waals surface area contributed by atoms with Gasteiger partial charge in [-0.2, -0.15) is 4.99 Å². The summed E-state index contributed by atoms with van der Waals surface area (Å²) in [5.41, 5.74) is 1.80. The first-order valence-electron chi connectivity index (χ1n) is 7.19. The first-order chi connectivity index (χ1) is 9.83. The highest BCUT2D eigenvalue weighted by atomic mass is 32.1. The fourth-order valence-electron chi connectivity index (χ4n) is 2.27. The molecule has 2 rings (SSSR count). The van der Waals surface area contributed by atoms with Crippen LogP contribution in [0.5, 0.6) is 0 Å². The Morgan fingerprint density at radius 2 is 2.15 bits per heavy atom. The van der Waals surface area contributed by atoms with Crippen molar-refractivity contribution in [2.75, 3.05) is 13.2 Å². The second-order valence-electron chi connectivity index (χ2n) is 5.07. The van der Waals surface area contributed by atoms with Gasteiger partial charge in [0.25, 0.3) is 0 Å². The van der Waals surface area contributed by atoms with Crippen LogP contribution < -0.4 is 0 Å². The van der Waals surface area contributed by atoms with Crippen molar-refractivity contribution in [3.05, 3.63) is 29.8 Å². The number of hydrogen-bond donors (Lipinski definition) is 0. The maximum Gasteiger partial charge on any atom is 0.216 e. The SMILES string of the molecule is CCCCCC1CN=C(c2ccc(N=C=S)cc2)OC1. The third-order valence-electron chi connectivity index (χ3n) is 3.45. The molecule has 1 atom stereocenters. The second kappa shape index (κ2) is 7.93. The van der Waals surface area contributed by atoms with E-state index in [0.29, 0.717) is 5.92 Å². The molecule has 0 aromatic heterocycles. The Kier molecular flexibility index (Phi) is 5.90. The monoisotopic (exact) mass is 288 g/mol. The molecule has 3 nitrogen and oxygen atoms in total. The van der Waals surface area contributed by atoms with Crippen LogP contribution in [0.3, 0.4) is 0 Å². The molecule has 1 unspecified atom stereocenters. The lowest BCUT2D eigenvalue weighted by Crippen LogP contribution is -2.23. The Morgan fingerprint density at radius 3 is 2.75 bits per heavy atom. The maximum atomic E-state index is 5.79. The van der Waals surface area contributed by atoms with E-state index in [-0.39, 0.29) is 0 Å². The predicted octanol–water partition coefficient (Wildman–Crippen LogP) is 4.39. The van der Waals surface area contributed by atoms with Gasteiger partial charge in [-0.05, 0) is 42.9 Å².